The standard InChI is InChI=1S/C19H20ClN7/c20-16-4-2-15(3-5-16)14-24-17-6-9-23-19(25-17)27-12-10-26(11-13-27)18-21-7-1-8-22-18/h1-9H,10-14H2,(H,23,24,25). The van der Waals surface area contributed by atoms with Crippen molar-refractivity contribution in [2.24, 2.45) is 0 Å². The molecule has 0 unspecified atom stereocenters. The molecule has 0 aliphatic carbocycles. The van der Waals surface area contributed by atoms with E-state index < -0.39 is 0 Å². The summed E-state index contributed by atoms with van der Waals surface area (Å²) in [5.74, 6) is 2.32. The van der Waals surface area contributed by atoms with Gasteiger partial charge in [0.05, 0.1) is 0 Å². The van der Waals surface area contributed by atoms with E-state index in [0.717, 1.165) is 54.5 Å². The number of halogens is 1. The largest absolute Gasteiger partial charge is 0.366 e. The summed E-state index contributed by atoms with van der Waals surface area (Å²) < 4.78 is 0. The molecule has 138 valence electrons. The molecule has 0 atom stereocenters. The van der Waals surface area contributed by atoms with Gasteiger partial charge in [-0.3, -0.25) is 0 Å². The van der Waals surface area contributed by atoms with Crippen LogP contribution < -0.4 is 15.1 Å². The van der Waals surface area contributed by atoms with Crippen LogP contribution in [0.2, 0.25) is 5.02 Å². The van der Waals surface area contributed by atoms with E-state index in [1.54, 1.807) is 18.6 Å². The van der Waals surface area contributed by atoms with Crippen LogP contribution >= 0.6 is 11.6 Å². The van der Waals surface area contributed by atoms with Crippen molar-refractivity contribution >= 4 is 29.3 Å². The van der Waals surface area contributed by atoms with E-state index in [0.29, 0.717) is 6.54 Å². The van der Waals surface area contributed by atoms with Crippen molar-refractivity contribution in [3.8, 4) is 0 Å². The van der Waals surface area contributed by atoms with Crippen LogP contribution in [-0.2, 0) is 6.54 Å². The van der Waals surface area contributed by atoms with E-state index in [4.69, 9.17) is 11.6 Å². The van der Waals surface area contributed by atoms with Crippen LogP contribution in [0.3, 0.4) is 0 Å². The Labute approximate surface area is 163 Å². The van der Waals surface area contributed by atoms with Gasteiger partial charge in [0, 0.05) is 56.3 Å². The van der Waals surface area contributed by atoms with Crippen LogP contribution in [0, 0.1) is 0 Å². The van der Waals surface area contributed by atoms with Gasteiger partial charge in [-0.2, -0.15) is 4.98 Å². The number of aromatic nitrogens is 4. The van der Waals surface area contributed by atoms with E-state index in [-0.39, 0.29) is 0 Å². The van der Waals surface area contributed by atoms with Crippen molar-refractivity contribution in [2.45, 2.75) is 6.54 Å². The zero-order valence-corrected chi connectivity index (χ0v) is 15.5. The van der Waals surface area contributed by atoms with Crippen molar-refractivity contribution in [2.75, 3.05) is 41.3 Å². The Hall–Kier alpha value is -2.93. The normalized spacial score (nSPS) is 14.3. The van der Waals surface area contributed by atoms with Crippen molar-refractivity contribution in [3.63, 3.8) is 0 Å². The first kappa shape index (κ1) is 17.5. The molecule has 3 heterocycles. The molecule has 27 heavy (non-hydrogen) atoms. The molecule has 3 aromatic rings. The molecule has 1 fully saturated rings. The number of benzene rings is 1. The first-order chi connectivity index (χ1) is 13.3. The third kappa shape index (κ3) is 4.43. The van der Waals surface area contributed by atoms with Gasteiger partial charge in [-0.1, -0.05) is 23.7 Å². The van der Waals surface area contributed by atoms with E-state index in [1.165, 1.54) is 0 Å². The molecule has 1 saturated heterocycles. The predicted octanol–water partition coefficient (Wildman–Crippen LogP) is 2.86. The van der Waals surface area contributed by atoms with Crippen LogP contribution in [0.5, 0.6) is 0 Å². The Balaban J connectivity index is 1.36. The summed E-state index contributed by atoms with van der Waals surface area (Å²) in [6.45, 7) is 4.04. The maximum absolute atomic E-state index is 5.93. The quantitative estimate of drug-likeness (QED) is 0.728. The molecule has 2 aromatic heterocycles. The van der Waals surface area contributed by atoms with E-state index >= 15 is 0 Å². The Morgan fingerprint density at radius 1 is 0.815 bits per heavy atom. The van der Waals surface area contributed by atoms with Crippen LogP contribution in [0.1, 0.15) is 5.56 Å². The average Bonchev–Trinajstić information content (AvgIpc) is 2.74. The van der Waals surface area contributed by atoms with Crippen molar-refractivity contribution in [3.05, 3.63) is 65.6 Å². The minimum atomic E-state index is 0.687. The molecule has 1 aromatic carbocycles. The molecule has 1 N–H and O–H groups in total. The fraction of sp³-hybridized carbons (Fsp3) is 0.263. The lowest BCUT2D eigenvalue weighted by atomic mass is 10.2. The minimum Gasteiger partial charge on any atom is -0.366 e. The zero-order chi connectivity index (χ0) is 18.5. The molecule has 8 heteroatoms. The second kappa shape index (κ2) is 8.18. The van der Waals surface area contributed by atoms with Crippen molar-refractivity contribution in [1.29, 1.82) is 0 Å². The summed E-state index contributed by atoms with van der Waals surface area (Å²) in [6.07, 6.45) is 5.33. The lowest BCUT2D eigenvalue weighted by molar-refractivity contribution is 0.628. The minimum absolute atomic E-state index is 0.687. The third-order valence-electron chi connectivity index (χ3n) is 4.43. The first-order valence-electron chi connectivity index (χ1n) is 8.86. The molecule has 0 spiro atoms. The van der Waals surface area contributed by atoms with Gasteiger partial charge in [-0.15, -0.1) is 0 Å². The smallest absolute Gasteiger partial charge is 0.227 e. The maximum Gasteiger partial charge on any atom is 0.227 e. The molecule has 0 amide bonds. The Morgan fingerprint density at radius 3 is 2.15 bits per heavy atom. The Morgan fingerprint density at radius 2 is 1.44 bits per heavy atom. The SMILES string of the molecule is Clc1ccc(CNc2ccnc(N3CCN(c4ncccn4)CC3)n2)cc1. The topological polar surface area (TPSA) is 70.1 Å². The molecule has 1 aliphatic rings. The van der Waals surface area contributed by atoms with E-state index in [1.807, 2.05) is 36.4 Å². The first-order valence-corrected chi connectivity index (χ1v) is 9.24. The summed E-state index contributed by atoms with van der Waals surface area (Å²) in [7, 11) is 0. The second-order valence-corrected chi connectivity index (χ2v) is 6.68. The van der Waals surface area contributed by atoms with Gasteiger partial charge in [0.15, 0.2) is 0 Å². The monoisotopic (exact) mass is 381 g/mol. The highest BCUT2D eigenvalue weighted by atomic mass is 35.5. The number of anilines is 3. The highest BCUT2D eigenvalue weighted by molar-refractivity contribution is 6.30. The summed E-state index contributed by atoms with van der Waals surface area (Å²) in [6, 6.07) is 11.5. The third-order valence-corrected chi connectivity index (χ3v) is 4.68. The van der Waals surface area contributed by atoms with Crippen molar-refractivity contribution < 1.29 is 0 Å². The van der Waals surface area contributed by atoms with Gasteiger partial charge in [0.1, 0.15) is 5.82 Å². The number of hydrogen-bond donors (Lipinski definition) is 1. The second-order valence-electron chi connectivity index (χ2n) is 6.24. The van der Waals surface area contributed by atoms with Gasteiger partial charge in [-0.05, 0) is 29.8 Å². The fourth-order valence-electron chi connectivity index (χ4n) is 2.96. The number of rotatable bonds is 5. The molecular formula is C19H20ClN7. The lowest BCUT2D eigenvalue weighted by Gasteiger charge is -2.34. The average molecular weight is 382 g/mol. The molecular weight excluding hydrogens is 362 g/mol. The highest BCUT2D eigenvalue weighted by Crippen LogP contribution is 2.17. The van der Waals surface area contributed by atoms with E-state index in [2.05, 4.69) is 35.1 Å². The number of piperazine rings is 1. The number of nitrogens with zero attached hydrogens (tertiary/aromatic N) is 6. The molecule has 4 rings (SSSR count). The lowest BCUT2D eigenvalue weighted by Crippen LogP contribution is -2.47. The summed E-state index contributed by atoms with van der Waals surface area (Å²) in [5.41, 5.74) is 1.15. The van der Waals surface area contributed by atoms with Crippen LogP contribution in [0.25, 0.3) is 0 Å². The molecule has 7 nitrogen and oxygen atoms in total. The molecule has 0 saturated carbocycles. The Kier molecular flexibility index (Phi) is 5.29. The van der Waals surface area contributed by atoms with Crippen LogP contribution in [0.15, 0.2) is 55.0 Å². The fourth-order valence-corrected chi connectivity index (χ4v) is 3.08. The highest BCUT2D eigenvalue weighted by Gasteiger charge is 2.20. The number of hydrogen-bond acceptors (Lipinski definition) is 7. The predicted molar refractivity (Wildman–Crippen MR) is 107 cm³/mol. The molecule has 0 radical (unpaired) electrons. The van der Waals surface area contributed by atoms with Crippen molar-refractivity contribution in [1.82, 2.24) is 19.9 Å². The van der Waals surface area contributed by atoms with Gasteiger partial charge in [-0.25, -0.2) is 15.0 Å². The molecule has 1 aliphatic heterocycles. The van der Waals surface area contributed by atoms with Gasteiger partial charge < -0.3 is 15.1 Å². The summed E-state index contributed by atoms with van der Waals surface area (Å²) in [5, 5.41) is 4.08. The Bertz CT molecular complexity index is 865. The van der Waals surface area contributed by atoms with E-state index in [9.17, 15) is 0 Å². The van der Waals surface area contributed by atoms with Crippen LogP contribution in [0.4, 0.5) is 17.7 Å². The van der Waals surface area contributed by atoms with Gasteiger partial charge in [0.2, 0.25) is 11.9 Å². The maximum atomic E-state index is 5.93. The number of nitrogens with one attached hydrogen (secondary N) is 1. The molecule has 0 bridgehead atoms. The van der Waals surface area contributed by atoms with Crippen LogP contribution in [-0.4, -0.2) is 46.1 Å². The zero-order valence-electron chi connectivity index (χ0n) is 14.8. The summed E-state index contributed by atoms with van der Waals surface area (Å²) >= 11 is 5.93. The summed E-state index contributed by atoms with van der Waals surface area (Å²) in [4.78, 5) is 22.1. The van der Waals surface area contributed by atoms with Gasteiger partial charge in [0.25, 0.3) is 0 Å². The van der Waals surface area contributed by atoms with Gasteiger partial charge >= 0.3 is 0 Å².